The highest BCUT2D eigenvalue weighted by Crippen LogP contribution is 2.35. The highest BCUT2D eigenvalue weighted by atomic mass is 16.1. The topological polar surface area (TPSA) is 17.1 Å². The molecule has 0 aromatic heterocycles. The van der Waals surface area contributed by atoms with Gasteiger partial charge in [0.15, 0.2) is 5.78 Å². The second-order valence-electron chi connectivity index (χ2n) is 6.63. The van der Waals surface area contributed by atoms with E-state index < -0.39 is 0 Å². The van der Waals surface area contributed by atoms with Crippen molar-refractivity contribution < 1.29 is 4.79 Å². The molecule has 1 unspecified atom stereocenters. The van der Waals surface area contributed by atoms with E-state index in [0.29, 0.717) is 6.42 Å². The molecule has 0 aliphatic rings. The third-order valence-electron chi connectivity index (χ3n) is 4.35. The van der Waals surface area contributed by atoms with Gasteiger partial charge in [0.05, 0.1) is 0 Å². The Hall–Kier alpha value is -0.590. The van der Waals surface area contributed by atoms with Gasteiger partial charge < -0.3 is 0 Å². The van der Waals surface area contributed by atoms with E-state index in [2.05, 4.69) is 27.4 Å². The van der Waals surface area contributed by atoms with Gasteiger partial charge in [-0.2, -0.15) is 0 Å². The zero-order valence-corrected chi connectivity index (χ0v) is 14.2. The molecule has 0 heterocycles. The predicted molar refractivity (Wildman–Crippen MR) is 90.1 cm³/mol. The first kappa shape index (κ1) is 19.4. The fourth-order valence-corrected chi connectivity index (χ4v) is 2.93. The minimum Gasteiger partial charge on any atom is -0.295 e. The first-order valence-corrected chi connectivity index (χ1v) is 8.73. The summed E-state index contributed by atoms with van der Waals surface area (Å²) in [5, 5.41) is 0. The van der Waals surface area contributed by atoms with E-state index in [1.165, 1.54) is 76.7 Å². The standard InChI is InChI=1S/C19H36O/c1-5-8-10-12-14-16-19(4,17-18(20)7-3)15-13-11-9-6-2/h7H,3,5-6,8-17H2,1-2,4H3. The van der Waals surface area contributed by atoms with Crippen LogP contribution in [0, 0.1) is 5.41 Å². The number of hydrogen-bond donors (Lipinski definition) is 0. The number of hydrogen-bond acceptors (Lipinski definition) is 1. The predicted octanol–water partition coefficient (Wildman–Crippen LogP) is 6.47. The van der Waals surface area contributed by atoms with Crippen LogP contribution >= 0.6 is 0 Å². The van der Waals surface area contributed by atoms with Gasteiger partial charge in [0.2, 0.25) is 0 Å². The lowest BCUT2D eigenvalue weighted by atomic mass is 9.76. The first-order valence-electron chi connectivity index (χ1n) is 8.73. The largest absolute Gasteiger partial charge is 0.295 e. The van der Waals surface area contributed by atoms with E-state index >= 15 is 0 Å². The van der Waals surface area contributed by atoms with Crippen LogP contribution in [0.15, 0.2) is 12.7 Å². The van der Waals surface area contributed by atoms with E-state index in [9.17, 15) is 4.79 Å². The van der Waals surface area contributed by atoms with E-state index in [0.717, 1.165) is 0 Å². The van der Waals surface area contributed by atoms with Gasteiger partial charge in [0.25, 0.3) is 0 Å². The van der Waals surface area contributed by atoms with Gasteiger partial charge in [-0.3, -0.25) is 4.79 Å². The van der Waals surface area contributed by atoms with E-state index in [4.69, 9.17) is 0 Å². The molecule has 0 aliphatic heterocycles. The summed E-state index contributed by atoms with van der Waals surface area (Å²) in [4.78, 5) is 11.7. The summed E-state index contributed by atoms with van der Waals surface area (Å²) in [7, 11) is 0. The Morgan fingerprint density at radius 3 is 1.80 bits per heavy atom. The third kappa shape index (κ3) is 10.2. The van der Waals surface area contributed by atoms with E-state index in [1.54, 1.807) is 0 Å². The molecule has 0 radical (unpaired) electrons. The van der Waals surface area contributed by atoms with Gasteiger partial charge in [0, 0.05) is 6.42 Å². The molecule has 1 nitrogen and oxygen atoms in total. The maximum atomic E-state index is 11.7. The van der Waals surface area contributed by atoms with E-state index in [-0.39, 0.29) is 11.2 Å². The highest BCUT2D eigenvalue weighted by Gasteiger charge is 2.25. The molecule has 118 valence electrons. The van der Waals surface area contributed by atoms with Crippen molar-refractivity contribution >= 4 is 5.78 Å². The van der Waals surface area contributed by atoms with Crippen LogP contribution in [0.3, 0.4) is 0 Å². The summed E-state index contributed by atoms with van der Waals surface area (Å²) >= 11 is 0. The van der Waals surface area contributed by atoms with Crippen LogP contribution in [-0.4, -0.2) is 5.78 Å². The number of carbonyl (C=O) groups is 1. The lowest BCUT2D eigenvalue weighted by Gasteiger charge is -2.29. The van der Waals surface area contributed by atoms with Crippen LogP contribution in [0.5, 0.6) is 0 Å². The van der Waals surface area contributed by atoms with Gasteiger partial charge in [-0.1, -0.05) is 85.1 Å². The first-order chi connectivity index (χ1) is 9.58. The van der Waals surface area contributed by atoms with Crippen LogP contribution in [0.1, 0.15) is 97.8 Å². The molecule has 0 aromatic rings. The van der Waals surface area contributed by atoms with Crippen LogP contribution < -0.4 is 0 Å². The quantitative estimate of drug-likeness (QED) is 0.263. The van der Waals surface area contributed by atoms with Crippen molar-refractivity contribution in [2.75, 3.05) is 0 Å². The summed E-state index contributed by atoms with van der Waals surface area (Å²) in [6.07, 6.45) is 16.3. The Morgan fingerprint density at radius 2 is 1.35 bits per heavy atom. The second kappa shape index (κ2) is 12.2. The molecule has 0 N–H and O–H groups in total. The minimum absolute atomic E-state index is 0.200. The molecule has 1 atom stereocenters. The van der Waals surface area contributed by atoms with Crippen molar-refractivity contribution in [1.29, 1.82) is 0 Å². The second-order valence-corrected chi connectivity index (χ2v) is 6.63. The third-order valence-corrected chi connectivity index (χ3v) is 4.35. The average Bonchev–Trinajstić information content (AvgIpc) is 2.43. The molecule has 20 heavy (non-hydrogen) atoms. The van der Waals surface area contributed by atoms with E-state index in [1.807, 2.05) is 0 Å². The van der Waals surface area contributed by atoms with Crippen molar-refractivity contribution in [3.05, 3.63) is 12.7 Å². The summed E-state index contributed by atoms with van der Waals surface area (Å²) < 4.78 is 0. The summed E-state index contributed by atoms with van der Waals surface area (Å²) in [6.45, 7) is 10.4. The van der Waals surface area contributed by atoms with Crippen LogP contribution in [0.4, 0.5) is 0 Å². The molecular weight excluding hydrogens is 244 g/mol. The zero-order chi connectivity index (χ0) is 15.3. The number of carbonyl (C=O) groups excluding carboxylic acids is 1. The average molecular weight is 280 g/mol. The lowest BCUT2D eigenvalue weighted by Crippen LogP contribution is -2.20. The number of unbranched alkanes of at least 4 members (excludes halogenated alkanes) is 7. The Kier molecular flexibility index (Phi) is 11.8. The smallest absolute Gasteiger partial charge is 0.155 e. The molecule has 0 saturated carbocycles. The normalized spacial score (nSPS) is 13.9. The fraction of sp³-hybridized carbons (Fsp3) is 0.842. The van der Waals surface area contributed by atoms with Gasteiger partial charge in [-0.15, -0.1) is 0 Å². The van der Waals surface area contributed by atoms with Gasteiger partial charge >= 0.3 is 0 Å². The van der Waals surface area contributed by atoms with Crippen molar-refractivity contribution in [2.45, 2.75) is 97.8 Å². The Bertz CT molecular complexity index is 256. The molecule has 0 bridgehead atoms. The Morgan fingerprint density at radius 1 is 0.900 bits per heavy atom. The van der Waals surface area contributed by atoms with Gasteiger partial charge in [-0.05, 0) is 24.3 Å². The molecule has 1 heteroatoms. The molecular formula is C19H36O. The Balaban J connectivity index is 4.15. The zero-order valence-electron chi connectivity index (χ0n) is 14.2. The molecule has 0 aliphatic carbocycles. The SMILES string of the molecule is C=CC(=O)CC(C)(CCCCCC)CCCCCCC. The summed E-state index contributed by atoms with van der Waals surface area (Å²) in [5.41, 5.74) is 0.200. The lowest BCUT2D eigenvalue weighted by molar-refractivity contribution is -0.116. The molecule has 0 fully saturated rings. The molecule has 0 amide bonds. The number of rotatable bonds is 14. The fourth-order valence-electron chi connectivity index (χ4n) is 2.93. The Labute approximate surface area is 127 Å². The van der Waals surface area contributed by atoms with Crippen LogP contribution in [-0.2, 0) is 4.79 Å². The maximum Gasteiger partial charge on any atom is 0.155 e. The van der Waals surface area contributed by atoms with Crippen LogP contribution in [0.2, 0.25) is 0 Å². The summed E-state index contributed by atoms with van der Waals surface area (Å²) in [6, 6.07) is 0. The minimum atomic E-state index is 0.200. The number of ketones is 1. The molecule has 0 spiro atoms. The summed E-state index contributed by atoms with van der Waals surface area (Å²) in [5.74, 6) is 0.219. The van der Waals surface area contributed by atoms with Gasteiger partial charge in [0.1, 0.15) is 0 Å². The van der Waals surface area contributed by atoms with Crippen LogP contribution in [0.25, 0.3) is 0 Å². The maximum absolute atomic E-state index is 11.7. The van der Waals surface area contributed by atoms with Crippen molar-refractivity contribution in [2.24, 2.45) is 5.41 Å². The monoisotopic (exact) mass is 280 g/mol. The van der Waals surface area contributed by atoms with Crippen molar-refractivity contribution in [3.8, 4) is 0 Å². The molecule has 0 saturated heterocycles. The van der Waals surface area contributed by atoms with Crippen molar-refractivity contribution in [1.82, 2.24) is 0 Å². The molecule has 0 rings (SSSR count). The van der Waals surface area contributed by atoms with Gasteiger partial charge in [-0.25, -0.2) is 0 Å². The highest BCUT2D eigenvalue weighted by molar-refractivity contribution is 5.89. The number of allylic oxidation sites excluding steroid dienone is 1. The molecule has 0 aromatic carbocycles. The van der Waals surface area contributed by atoms with Crippen molar-refractivity contribution in [3.63, 3.8) is 0 Å².